The second-order valence-electron chi connectivity index (χ2n) is 4.28. The lowest BCUT2D eigenvalue weighted by Gasteiger charge is -2.02. The number of rotatable bonds is 8. The molecule has 1 nitrogen and oxygen atoms in total. The van der Waals surface area contributed by atoms with E-state index in [0.717, 1.165) is 11.3 Å². The summed E-state index contributed by atoms with van der Waals surface area (Å²) >= 11 is 1.99. The number of thioether (sulfide) groups is 1. The second-order valence-corrected chi connectivity index (χ2v) is 5.38. The van der Waals surface area contributed by atoms with E-state index in [2.05, 4.69) is 25.1 Å². The van der Waals surface area contributed by atoms with Crippen molar-refractivity contribution in [3.8, 4) is 6.07 Å². The first-order chi connectivity index (χ1) is 8.36. The molecule has 0 aliphatic rings. The van der Waals surface area contributed by atoms with Crippen LogP contribution in [-0.2, 0) is 5.75 Å². The lowest BCUT2D eigenvalue weighted by atomic mass is 10.2. The van der Waals surface area contributed by atoms with Crippen LogP contribution in [0.3, 0.4) is 0 Å². The van der Waals surface area contributed by atoms with Gasteiger partial charge in [-0.05, 0) is 29.9 Å². The van der Waals surface area contributed by atoms with Crippen molar-refractivity contribution < 1.29 is 0 Å². The molecule has 0 heterocycles. The normalized spacial score (nSPS) is 10.1. The highest BCUT2D eigenvalue weighted by molar-refractivity contribution is 7.98. The topological polar surface area (TPSA) is 23.8 Å². The van der Waals surface area contributed by atoms with Crippen molar-refractivity contribution in [2.24, 2.45) is 0 Å². The van der Waals surface area contributed by atoms with Crippen molar-refractivity contribution >= 4 is 11.8 Å². The van der Waals surface area contributed by atoms with Gasteiger partial charge >= 0.3 is 0 Å². The highest BCUT2D eigenvalue weighted by Crippen LogP contribution is 2.15. The molecule has 2 heteroatoms. The molecule has 0 unspecified atom stereocenters. The molecule has 0 saturated carbocycles. The largest absolute Gasteiger partial charge is 0.192 e. The Morgan fingerprint density at radius 1 is 1.06 bits per heavy atom. The number of hydrogen-bond donors (Lipinski definition) is 0. The molecule has 0 aliphatic heterocycles. The molecule has 0 aliphatic carbocycles. The van der Waals surface area contributed by atoms with Gasteiger partial charge in [0.15, 0.2) is 0 Å². The van der Waals surface area contributed by atoms with Crippen LogP contribution in [0.15, 0.2) is 24.3 Å². The minimum Gasteiger partial charge on any atom is -0.192 e. The summed E-state index contributed by atoms with van der Waals surface area (Å²) in [4.78, 5) is 0. The Bertz CT molecular complexity index is 337. The van der Waals surface area contributed by atoms with E-state index < -0.39 is 0 Å². The Hall–Kier alpha value is -0.940. The number of hydrogen-bond acceptors (Lipinski definition) is 2. The summed E-state index contributed by atoms with van der Waals surface area (Å²) < 4.78 is 0. The fraction of sp³-hybridized carbons (Fsp3) is 0.533. The SMILES string of the molecule is CCCCCCCSCc1ccc(C#N)cc1. The molecule has 0 spiro atoms. The summed E-state index contributed by atoms with van der Waals surface area (Å²) in [6.07, 6.45) is 6.78. The van der Waals surface area contributed by atoms with Crippen molar-refractivity contribution in [1.29, 1.82) is 5.26 Å². The zero-order chi connectivity index (χ0) is 12.3. The fourth-order valence-electron chi connectivity index (χ4n) is 1.67. The predicted molar refractivity (Wildman–Crippen MR) is 76.1 cm³/mol. The van der Waals surface area contributed by atoms with Crippen molar-refractivity contribution in [3.05, 3.63) is 35.4 Å². The monoisotopic (exact) mass is 247 g/mol. The molecule has 92 valence electrons. The highest BCUT2D eigenvalue weighted by Gasteiger charge is 1.95. The minimum absolute atomic E-state index is 0.748. The lowest BCUT2D eigenvalue weighted by molar-refractivity contribution is 0.659. The Kier molecular flexibility index (Phi) is 7.58. The van der Waals surface area contributed by atoms with E-state index in [1.807, 2.05) is 23.9 Å². The van der Waals surface area contributed by atoms with Crippen molar-refractivity contribution in [2.45, 2.75) is 44.8 Å². The van der Waals surface area contributed by atoms with Gasteiger partial charge in [0.1, 0.15) is 0 Å². The van der Waals surface area contributed by atoms with E-state index in [9.17, 15) is 0 Å². The molecule has 0 radical (unpaired) electrons. The van der Waals surface area contributed by atoms with Gasteiger partial charge in [-0.25, -0.2) is 0 Å². The third-order valence-corrected chi connectivity index (χ3v) is 3.86. The maximum absolute atomic E-state index is 8.69. The average Bonchev–Trinajstić information content (AvgIpc) is 2.38. The van der Waals surface area contributed by atoms with Gasteiger partial charge in [-0.2, -0.15) is 17.0 Å². The van der Waals surface area contributed by atoms with Crippen LogP contribution in [0, 0.1) is 11.3 Å². The minimum atomic E-state index is 0.748. The van der Waals surface area contributed by atoms with Crippen LogP contribution >= 0.6 is 11.8 Å². The number of nitrogens with zero attached hydrogens (tertiary/aromatic N) is 1. The zero-order valence-electron chi connectivity index (χ0n) is 10.6. The molecule has 0 bridgehead atoms. The summed E-state index contributed by atoms with van der Waals surface area (Å²) in [5.41, 5.74) is 2.07. The first-order valence-corrected chi connectivity index (χ1v) is 7.59. The van der Waals surface area contributed by atoms with Crippen molar-refractivity contribution in [2.75, 3.05) is 5.75 Å². The molecule has 0 N–H and O–H groups in total. The molecule has 0 aromatic heterocycles. The summed E-state index contributed by atoms with van der Waals surface area (Å²) in [5.74, 6) is 2.32. The van der Waals surface area contributed by atoms with Gasteiger partial charge in [-0.3, -0.25) is 0 Å². The standard InChI is InChI=1S/C15H21NS/c1-2-3-4-5-6-11-17-13-15-9-7-14(12-16)8-10-15/h7-10H,2-6,11,13H2,1H3. The summed E-state index contributed by atoms with van der Waals surface area (Å²) in [7, 11) is 0. The van der Waals surface area contributed by atoms with Gasteiger partial charge in [0.2, 0.25) is 0 Å². The van der Waals surface area contributed by atoms with Crippen LogP contribution in [0.5, 0.6) is 0 Å². The van der Waals surface area contributed by atoms with Crippen LogP contribution in [0.1, 0.15) is 50.2 Å². The van der Waals surface area contributed by atoms with E-state index in [1.54, 1.807) is 0 Å². The molecule has 0 fully saturated rings. The van der Waals surface area contributed by atoms with E-state index in [4.69, 9.17) is 5.26 Å². The molecule has 0 saturated heterocycles. The Morgan fingerprint density at radius 2 is 1.76 bits per heavy atom. The third kappa shape index (κ3) is 6.38. The Morgan fingerprint density at radius 3 is 2.41 bits per heavy atom. The first kappa shape index (κ1) is 14.1. The van der Waals surface area contributed by atoms with Gasteiger partial charge in [-0.1, -0.05) is 44.7 Å². The zero-order valence-corrected chi connectivity index (χ0v) is 11.4. The Balaban J connectivity index is 2.08. The second kappa shape index (κ2) is 9.13. The van der Waals surface area contributed by atoms with Crippen LogP contribution < -0.4 is 0 Å². The molecule has 1 aromatic rings. The van der Waals surface area contributed by atoms with E-state index in [0.29, 0.717) is 0 Å². The summed E-state index contributed by atoms with van der Waals surface area (Å²) in [6, 6.07) is 10.1. The number of unbranched alkanes of at least 4 members (excludes halogenated alkanes) is 4. The molecular formula is C15H21NS. The lowest BCUT2D eigenvalue weighted by Crippen LogP contribution is -1.85. The predicted octanol–water partition coefficient (Wildman–Crippen LogP) is 4.76. The highest BCUT2D eigenvalue weighted by atomic mass is 32.2. The quantitative estimate of drug-likeness (QED) is 0.618. The summed E-state index contributed by atoms with van der Waals surface area (Å²) in [5, 5.41) is 8.69. The summed E-state index contributed by atoms with van der Waals surface area (Å²) in [6.45, 7) is 2.25. The first-order valence-electron chi connectivity index (χ1n) is 6.43. The molecule has 0 atom stereocenters. The molecule has 1 aromatic carbocycles. The van der Waals surface area contributed by atoms with Crippen molar-refractivity contribution in [1.82, 2.24) is 0 Å². The molecule has 17 heavy (non-hydrogen) atoms. The van der Waals surface area contributed by atoms with Crippen molar-refractivity contribution in [3.63, 3.8) is 0 Å². The molecular weight excluding hydrogens is 226 g/mol. The molecule has 1 rings (SSSR count). The van der Waals surface area contributed by atoms with E-state index >= 15 is 0 Å². The van der Waals surface area contributed by atoms with Gasteiger partial charge < -0.3 is 0 Å². The third-order valence-electron chi connectivity index (χ3n) is 2.74. The van der Waals surface area contributed by atoms with Gasteiger partial charge in [0, 0.05) is 5.75 Å². The molecule has 0 amide bonds. The van der Waals surface area contributed by atoms with Crippen LogP contribution in [-0.4, -0.2) is 5.75 Å². The fourth-order valence-corrected chi connectivity index (χ4v) is 2.65. The maximum atomic E-state index is 8.69. The van der Waals surface area contributed by atoms with Crippen LogP contribution in [0.4, 0.5) is 0 Å². The number of benzene rings is 1. The van der Waals surface area contributed by atoms with E-state index in [1.165, 1.54) is 43.4 Å². The van der Waals surface area contributed by atoms with Gasteiger partial charge in [-0.15, -0.1) is 0 Å². The van der Waals surface area contributed by atoms with Gasteiger partial charge in [0.25, 0.3) is 0 Å². The van der Waals surface area contributed by atoms with Gasteiger partial charge in [0.05, 0.1) is 11.6 Å². The number of nitriles is 1. The average molecular weight is 247 g/mol. The van der Waals surface area contributed by atoms with Crippen LogP contribution in [0.25, 0.3) is 0 Å². The Labute approximate surface area is 109 Å². The van der Waals surface area contributed by atoms with Crippen LogP contribution in [0.2, 0.25) is 0 Å². The smallest absolute Gasteiger partial charge is 0.0991 e. The van der Waals surface area contributed by atoms with E-state index in [-0.39, 0.29) is 0 Å². The maximum Gasteiger partial charge on any atom is 0.0991 e.